The Bertz CT molecular complexity index is 1000. The van der Waals surface area contributed by atoms with Crippen LogP contribution in [-0.2, 0) is 25.7 Å². The van der Waals surface area contributed by atoms with Gasteiger partial charge in [0.25, 0.3) is 0 Å². The number of carbonyl (C=O) groups is 3. The molecule has 2 saturated heterocycles. The largest absolute Gasteiger partial charge is 0.460 e. The zero-order valence-corrected chi connectivity index (χ0v) is 19.8. The second-order valence-electron chi connectivity index (χ2n) is 10.0. The molecule has 0 saturated carbocycles. The van der Waals surface area contributed by atoms with Crippen LogP contribution in [0.5, 0.6) is 0 Å². The molecule has 0 radical (unpaired) electrons. The lowest BCUT2D eigenvalue weighted by molar-refractivity contribution is -0.170. The van der Waals surface area contributed by atoms with Gasteiger partial charge in [-0.15, -0.1) is 0 Å². The summed E-state index contributed by atoms with van der Waals surface area (Å²) in [5.41, 5.74) is 1.90. The van der Waals surface area contributed by atoms with Crippen molar-refractivity contribution in [2.45, 2.75) is 52.8 Å². The fraction of sp³-hybridized carbons (Fsp3) is 0.464. The first-order valence-electron chi connectivity index (χ1n) is 11.9. The highest BCUT2D eigenvalue weighted by molar-refractivity contribution is 6.09. The van der Waals surface area contributed by atoms with Crippen molar-refractivity contribution in [1.29, 1.82) is 0 Å². The lowest BCUT2D eigenvalue weighted by Crippen LogP contribution is -2.58. The predicted molar refractivity (Wildman–Crippen MR) is 126 cm³/mol. The maximum Gasteiger partial charge on any atom is 0.317 e. The zero-order chi connectivity index (χ0) is 23.7. The van der Waals surface area contributed by atoms with Crippen molar-refractivity contribution in [3.8, 4) is 0 Å². The Morgan fingerprint density at radius 3 is 2.12 bits per heavy atom. The minimum atomic E-state index is -1.05. The van der Waals surface area contributed by atoms with Crippen LogP contribution in [0.2, 0.25) is 0 Å². The smallest absolute Gasteiger partial charge is 0.317 e. The molecule has 1 amide bonds. The molecule has 174 valence electrons. The van der Waals surface area contributed by atoms with Crippen molar-refractivity contribution in [1.82, 2.24) is 4.90 Å². The minimum absolute atomic E-state index is 0.0953. The van der Waals surface area contributed by atoms with E-state index in [1.165, 1.54) is 0 Å². The van der Waals surface area contributed by atoms with Gasteiger partial charge < -0.3 is 9.64 Å². The van der Waals surface area contributed by atoms with E-state index in [1.807, 2.05) is 74.5 Å². The van der Waals surface area contributed by atoms with Crippen LogP contribution in [0.25, 0.3) is 0 Å². The maximum absolute atomic E-state index is 13.9. The number of esters is 1. The quantitative estimate of drug-likeness (QED) is 0.471. The van der Waals surface area contributed by atoms with E-state index in [4.69, 9.17) is 4.74 Å². The second kappa shape index (κ2) is 9.50. The van der Waals surface area contributed by atoms with Gasteiger partial charge in [-0.05, 0) is 35.3 Å². The van der Waals surface area contributed by atoms with Crippen LogP contribution in [-0.4, -0.2) is 28.6 Å². The van der Waals surface area contributed by atoms with Crippen LogP contribution < -0.4 is 0 Å². The van der Waals surface area contributed by atoms with Crippen molar-refractivity contribution in [2.75, 3.05) is 0 Å². The molecular weight excluding hydrogens is 414 g/mol. The number of nitrogens with zero attached hydrogens (tertiary/aromatic N) is 1. The van der Waals surface area contributed by atoms with Gasteiger partial charge in [0.15, 0.2) is 5.78 Å². The summed E-state index contributed by atoms with van der Waals surface area (Å²) in [5.74, 6) is -2.34. The molecule has 5 heteroatoms. The Hall–Kier alpha value is -2.95. The highest BCUT2D eigenvalue weighted by Crippen LogP contribution is 2.50. The number of benzene rings is 2. The lowest BCUT2D eigenvalue weighted by atomic mass is 9.74. The average Bonchev–Trinajstić information content (AvgIpc) is 3.22. The van der Waals surface area contributed by atoms with Gasteiger partial charge in [-0.2, -0.15) is 0 Å². The third-order valence-electron chi connectivity index (χ3n) is 7.26. The lowest BCUT2D eigenvalue weighted by Gasteiger charge is -2.42. The Labute approximate surface area is 196 Å². The standard InChI is InChI=1S/C28H33NO4/c1-17(2)21-15-22-26(30)24(28(32)33-16-19-11-7-5-8-12-19)23(18(3)4)27(31)29(22)25(21)20-13-9-6-10-14-20/h5-14,17-18,21-25H,15-16H2,1-4H3/t21-,22-,23-,24?,25-/m0/s1. The second-order valence-corrected chi connectivity index (χ2v) is 10.0. The summed E-state index contributed by atoms with van der Waals surface area (Å²) in [5, 5.41) is 0. The number of ketones is 1. The van der Waals surface area contributed by atoms with Crippen LogP contribution in [0.15, 0.2) is 60.7 Å². The summed E-state index contributed by atoms with van der Waals surface area (Å²) < 4.78 is 5.57. The fourth-order valence-electron chi connectivity index (χ4n) is 5.59. The van der Waals surface area contributed by atoms with Crippen LogP contribution in [0.1, 0.15) is 51.3 Å². The summed E-state index contributed by atoms with van der Waals surface area (Å²) in [6.07, 6.45) is 0.578. The van der Waals surface area contributed by atoms with Gasteiger partial charge in [0, 0.05) is 0 Å². The van der Waals surface area contributed by atoms with Gasteiger partial charge in [-0.3, -0.25) is 14.4 Å². The van der Waals surface area contributed by atoms with Crippen molar-refractivity contribution >= 4 is 17.7 Å². The highest BCUT2D eigenvalue weighted by Gasteiger charge is 2.59. The summed E-state index contributed by atoms with van der Waals surface area (Å²) in [6.45, 7) is 8.18. The number of piperidine rings is 1. The molecule has 2 aromatic rings. The van der Waals surface area contributed by atoms with Crippen LogP contribution >= 0.6 is 0 Å². The van der Waals surface area contributed by atoms with Gasteiger partial charge in [-0.25, -0.2) is 0 Å². The van der Waals surface area contributed by atoms with E-state index in [0.29, 0.717) is 12.3 Å². The van der Waals surface area contributed by atoms with E-state index >= 15 is 0 Å². The predicted octanol–water partition coefficient (Wildman–Crippen LogP) is 4.82. The summed E-state index contributed by atoms with van der Waals surface area (Å²) in [4.78, 5) is 42.7. The normalized spacial score (nSPS) is 27.2. The molecule has 0 aliphatic carbocycles. The Morgan fingerprint density at radius 2 is 1.55 bits per heavy atom. The third kappa shape index (κ3) is 4.33. The van der Waals surface area contributed by atoms with Crippen LogP contribution in [0, 0.1) is 29.6 Å². The van der Waals surface area contributed by atoms with Crippen molar-refractivity contribution in [2.24, 2.45) is 29.6 Å². The SMILES string of the molecule is CC(C)[C@@H]1C(=O)N2[C@@H](C[C@@H](C(C)C)[C@@H]2c2ccccc2)C(=O)C1C(=O)OCc1ccccc1. The molecule has 2 aromatic carbocycles. The first-order chi connectivity index (χ1) is 15.8. The zero-order valence-electron chi connectivity index (χ0n) is 19.8. The number of hydrogen-bond donors (Lipinski definition) is 0. The number of ether oxygens (including phenoxy) is 1. The molecule has 1 unspecified atom stereocenters. The molecule has 2 fully saturated rings. The van der Waals surface area contributed by atoms with E-state index in [1.54, 1.807) is 4.90 Å². The molecule has 5 atom stereocenters. The van der Waals surface area contributed by atoms with Gasteiger partial charge in [0.05, 0.1) is 18.0 Å². The maximum atomic E-state index is 13.9. The fourth-order valence-corrected chi connectivity index (χ4v) is 5.59. The number of fused-ring (bicyclic) bond motifs is 1. The Morgan fingerprint density at radius 1 is 0.939 bits per heavy atom. The number of carbonyl (C=O) groups excluding carboxylic acids is 3. The molecule has 0 spiro atoms. The van der Waals surface area contributed by atoms with E-state index in [-0.39, 0.29) is 36.2 Å². The van der Waals surface area contributed by atoms with E-state index in [9.17, 15) is 14.4 Å². The number of hydrogen-bond acceptors (Lipinski definition) is 4. The minimum Gasteiger partial charge on any atom is -0.460 e. The first-order valence-corrected chi connectivity index (χ1v) is 11.9. The molecule has 0 aromatic heterocycles. The summed E-state index contributed by atoms with van der Waals surface area (Å²) in [6, 6.07) is 18.6. The number of rotatable bonds is 6. The Kier molecular flexibility index (Phi) is 6.68. The van der Waals surface area contributed by atoms with Crippen molar-refractivity contribution in [3.63, 3.8) is 0 Å². The van der Waals surface area contributed by atoms with Crippen LogP contribution in [0.3, 0.4) is 0 Å². The summed E-state index contributed by atoms with van der Waals surface area (Å²) >= 11 is 0. The first kappa shape index (κ1) is 23.2. The van der Waals surface area contributed by atoms with E-state index < -0.39 is 23.8 Å². The van der Waals surface area contributed by atoms with Gasteiger partial charge in [-0.1, -0.05) is 88.4 Å². The molecule has 4 rings (SSSR count). The van der Waals surface area contributed by atoms with Crippen molar-refractivity contribution < 1.29 is 19.1 Å². The van der Waals surface area contributed by atoms with E-state index in [2.05, 4.69) is 13.8 Å². The molecule has 33 heavy (non-hydrogen) atoms. The molecule has 5 nitrogen and oxygen atoms in total. The molecule has 0 N–H and O–H groups in total. The molecule has 2 aliphatic heterocycles. The topological polar surface area (TPSA) is 63.7 Å². The third-order valence-corrected chi connectivity index (χ3v) is 7.26. The Balaban J connectivity index is 1.66. The number of amides is 1. The molecule has 2 aliphatic rings. The molecular formula is C28H33NO4. The van der Waals surface area contributed by atoms with E-state index in [0.717, 1.165) is 11.1 Å². The average molecular weight is 448 g/mol. The molecule has 2 heterocycles. The monoisotopic (exact) mass is 447 g/mol. The van der Waals surface area contributed by atoms with Crippen LogP contribution in [0.4, 0.5) is 0 Å². The highest BCUT2D eigenvalue weighted by atomic mass is 16.5. The van der Waals surface area contributed by atoms with Crippen molar-refractivity contribution in [3.05, 3.63) is 71.8 Å². The van der Waals surface area contributed by atoms with Gasteiger partial charge >= 0.3 is 5.97 Å². The summed E-state index contributed by atoms with van der Waals surface area (Å²) in [7, 11) is 0. The van der Waals surface area contributed by atoms with Gasteiger partial charge in [0.1, 0.15) is 12.5 Å². The molecule has 0 bridgehead atoms. The number of Topliss-reactive ketones (excluding diaryl/α,β-unsaturated/α-hetero) is 1. The van der Waals surface area contributed by atoms with Gasteiger partial charge in [0.2, 0.25) is 5.91 Å².